The second-order valence-electron chi connectivity index (χ2n) is 7.50. The van der Waals surface area contributed by atoms with E-state index >= 15 is 0 Å². The molecule has 0 radical (unpaired) electrons. The molecule has 4 amide bonds. The number of halogens is 1. The molecule has 1 spiro atoms. The number of nitrogens with zero attached hydrogens (tertiary/aromatic N) is 1. The number of anilines is 1. The van der Waals surface area contributed by atoms with Gasteiger partial charge in [0, 0.05) is 6.54 Å². The number of hydrogen-bond donors (Lipinski definition) is 3. The number of imide groups is 1. The Morgan fingerprint density at radius 3 is 2.78 bits per heavy atom. The zero-order valence-corrected chi connectivity index (χ0v) is 15.1. The van der Waals surface area contributed by atoms with Crippen molar-refractivity contribution in [3.63, 3.8) is 0 Å². The third kappa shape index (κ3) is 3.18. The molecule has 4 rings (SSSR count). The van der Waals surface area contributed by atoms with Crippen molar-refractivity contribution >= 4 is 23.5 Å². The average molecular weight is 374 g/mol. The normalized spacial score (nSPS) is 21.1. The van der Waals surface area contributed by atoms with Crippen LogP contribution < -0.4 is 16.0 Å². The van der Waals surface area contributed by atoms with E-state index in [-0.39, 0.29) is 11.6 Å². The molecule has 3 aliphatic rings. The third-order valence-corrected chi connectivity index (χ3v) is 5.74. The Labute approximate surface area is 156 Å². The summed E-state index contributed by atoms with van der Waals surface area (Å²) in [5.41, 5.74) is 0.701. The molecule has 1 aliphatic carbocycles. The largest absolute Gasteiger partial charge is 0.325 e. The minimum Gasteiger partial charge on any atom is -0.323 e. The first-order valence-electron chi connectivity index (χ1n) is 9.45. The standard InChI is InChI=1S/C19H23FN4O3/c20-16-13-6-9-21-10-12(13)4-5-14(16)22-15(25)11-24-17(26)19(23-18(24)27)7-2-1-3-8-19/h4-5,21H,1-3,6-11H2,(H,22,25)(H,23,27). The summed E-state index contributed by atoms with van der Waals surface area (Å²) in [5.74, 6) is -1.37. The van der Waals surface area contributed by atoms with Gasteiger partial charge >= 0.3 is 6.03 Å². The molecule has 0 aromatic heterocycles. The molecule has 3 N–H and O–H groups in total. The zero-order chi connectivity index (χ0) is 19.0. The Morgan fingerprint density at radius 2 is 2.00 bits per heavy atom. The molecule has 7 nitrogen and oxygen atoms in total. The molecule has 2 heterocycles. The second kappa shape index (κ2) is 6.92. The smallest absolute Gasteiger partial charge is 0.323 e. The number of urea groups is 1. The lowest BCUT2D eigenvalue weighted by atomic mass is 9.82. The van der Waals surface area contributed by atoms with Gasteiger partial charge in [0.05, 0.1) is 5.69 Å². The number of amides is 4. The van der Waals surface area contributed by atoms with Crippen molar-refractivity contribution in [2.24, 2.45) is 0 Å². The van der Waals surface area contributed by atoms with Crippen LogP contribution in [-0.2, 0) is 22.6 Å². The number of nitrogens with one attached hydrogen (secondary N) is 3. The molecular weight excluding hydrogens is 351 g/mol. The number of hydrogen-bond acceptors (Lipinski definition) is 4. The van der Waals surface area contributed by atoms with Crippen LogP contribution in [0.4, 0.5) is 14.9 Å². The van der Waals surface area contributed by atoms with E-state index < -0.39 is 29.8 Å². The highest BCUT2D eigenvalue weighted by Gasteiger charge is 2.51. The van der Waals surface area contributed by atoms with Gasteiger partial charge in [0.2, 0.25) is 5.91 Å². The summed E-state index contributed by atoms with van der Waals surface area (Å²) in [4.78, 5) is 38.3. The lowest BCUT2D eigenvalue weighted by Gasteiger charge is -2.30. The van der Waals surface area contributed by atoms with E-state index in [0.717, 1.165) is 29.7 Å². The average Bonchev–Trinajstić information content (AvgIpc) is 2.89. The van der Waals surface area contributed by atoms with Crippen LogP contribution in [0.15, 0.2) is 12.1 Å². The van der Waals surface area contributed by atoms with Gasteiger partial charge in [-0.25, -0.2) is 9.18 Å². The summed E-state index contributed by atoms with van der Waals surface area (Å²) in [6, 6.07) is 2.76. The molecule has 1 aromatic carbocycles. The van der Waals surface area contributed by atoms with Crippen molar-refractivity contribution in [3.8, 4) is 0 Å². The second-order valence-corrected chi connectivity index (χ2v) is 7.50. The van der Waals surface area contributed by atoms with Crippen LogP contribution in [-0.4, -0.2) is 41.4 Å². The Balaban J connectivity index is 1.45. The van der Waals surface area contributed by atoms with Crippen LogP contribution in [0, 0.1) is 5.82 Å². The van der Waals surface area contributed by atoms with Gasteiger partial charge < -0.3 is 16.0 Å². The number of fused-ring (bicyclic) bond motifs is 1. The van der Waals surface area contributed by atoms with Crippen molar-refractivity contribution in [1.29, 1.82) is 0 Å². The van der Waals surface area contributed by atoms with Gasteiger partial charge in [0.1, 0.15) is 17.9 Å². The molecule has 0 unspecified atom stereocenters. The van der Waals surface area contributed by atoms with Crippen molar-refractivity contribution < 1.29 is 18.8 Å². The van der Waals surface area contributed by atoms with Crippen LogP contribution >= 0.6 is 0 Å². The predicted molar refractivity (Wildman–Crippen MR) is 96.5 cm³/mol. The fraction of sp³-hybridized carbons (Fsp3) is 0.526. The van der Waals surface area contributed by atoms with Crippen molar-refractivity contribution in [2.45, 2.75) is 50.6 Å². The number of carbonyl (C=O) groups is 3. The van der Waals surface area contributed by atoms with E-state index in [2.05, 4.69) is 16.0 Å². The van der Waals surface area contributed by atoms with E-state index in [1.165, 1.54) is 6.07 Å². The molecule has 8 heteroatoms. The highest BCUT2D eigenvalue weighted by atomic mass is 19.1. The monoisotopic (exact) mass is 374 g/mol. The maximum atomic E-state index is 14.7. The molecule has 27 heavy (non-hydrogen) atoms. The van der Waals surface area contributed by atoms with Gasteiger partial charge in [-0.2, -0.15) is 0 Å². The molecule has 0 bridgehead atoms. The maximum Gasteiger partial charge on any atom is 0.325 e. The highest BCUT2D eigenvalue weighted by Crippen LogP contribution is 2.33. The summed E-state index contributed by atoms with van der Waals surface area (Å²) < 4.78 is 14.7. The molecule has 1 aromatic rings. The SMILES string of the molecule is O=C(CN1C(=O)NC2(CCCCC2)C1=O)Nc1ccc2c(c1F)CCNC2. The summed E-state index contributed by atoms with van der Waals surface area (Å²) >= 11 is 0. The number of benzene rings is 1. The van der Waals surface area contributed by atoms with Crippen LogP contribution in [0.25, 0.3) is 0 Å². The third-order valence-electron chi connectivity index (χ3n) is 5.74. The van der Waals surface area contributed by atoms with Gasteiger partial charge in [0.25, 0.3) is 5.91 Å². The fourth-order valence-corrected chi connectivity index (χ4v) is 4.28. The topological polar surface area (TPSA) is 90.5 Å². The maximum absolute atomic E-state index is 14.7. The predicted octanol–water partition coefficient (Wildman–Crippen LogP) is 1.66. The minimum atomic E-state index is -0.861. The van der Waals surface area contributed by atoms with Crippen LogP contribution in [0.5, 0.6) is 0 Å². The van der Waals surface area contributed by atoms with Crippen LogP contribution in [0.3, 0.4) is 0 Å². The molecule has 1 saturated heterocycles. The number of carbonyl (C=O) groups excluding carboxylic acids is 3. The van der Waals surface area contributed by atoms with Crippen LogP contribution in [0.2, 0.25) is 0 Å². The lowest BCUT2D eigenvalue weighted by molar-refractivity contribution is -0.134. The van der Waals surface area contributed by atoms with E-state index in [1.54, 1.807) is 6.07 Å². The highest BCUT2D eigenvalue weighted by molar-refractivity contribution is 6.10. The quantitative estimate of drug-likeness (QED) is 0.702. The molecule has 0 atom stereocenters. The van der Waals surface area contributed by atoms with E-state index in [1.807, 2.05) is 0 Å². The molecule has 2 fully saturated rings. The number of rotatable bonds is 3. The van der Waals surface area contributed by atoms with E-state index in [0.29, 0.717) is 37.9 Å². The summed E-state index contributed by atoms with van der Waals surface area (Å²) in [7, 11) is 0. The van der Waals surface area contributed by atoms with Crippen molar-refractivity contribution in [2.75, 3.05) is 18.4 Å². The zero-order valence-electron chi connectivity index (χ0n) is 15.1. The summed E-state index contributed by atoms with van der Waals surface area (Å²) in [6.45, 7) is 0.876. The van der Waals surface area contributed by atoms with Crippen LogP contribution in [0.1, 0.15) is 43.2 Å². The fourth-order valence-electron chi connectivity index (χ4n) is 4.28. The Morgan fingerprint density at radius 1 is 1.22 bits per heavy atom. The van der Waals surface area contributed by atoms with Gasteiger partial charge in [-0.1, -0.05) is 25.3 Å². The lowest BCUT2D eigenvalue weighted by Crippen LogP contribution is -2.48. The van der Waals surface area contributed by atoms with Crippen molar-refractivity contribution in [1.82, 2.24) is 15.5 Å². The summed E-state index contributed by atoms with van der Waals surface area (Å²) in [6.07, 6.45) is 4.55. The van der Waals surface area contributed by atoms with Gasteiger partial charge in [-0.15, -0.1) is 0 Å². The molecule has 1 saturated carbocycles. The van der Waals surface area contributed by atoms with Crippen molar-refractivity contribution in [3.05, 3.63) is 29.1 Å². The molecule has 2 aliphatic heterocycles. The van der Waals surface area contributed by atoms with Gasteiger partial charge in [-0.3, -0.25) is 14.5 Å². The van der Waals surface area contributed by atoms with Gasteiger partial charge in [-0.05, 0) is 43.0 Å². The Hall–Kier alpha value is -2.48. The molecule has 144 valence electrons. The Kier molecular flexibility index (Phi) is 4.59. The minimum absolute atomic E-state index is 0.0834. The molecular formula is C19H23FN4O3. The first-order chi connectivity index (χ1) is 13.0. The van der Waals surface area contributed by atoms with E-state index in [9.17, 15) is 18.8 Å². The first kappa shape index (κ1) is 17.9. The van der Waals surface area contributed by atoms with Gasteiger partial charge in [0.15, 0.2) is 0 Å². The summed E-state index contributed by atoms with van der Waals surface area (Å²) in [5, 5.41) is 8.45. The Bertz CT molecular complexity index is 804. The first-order valence-corrected chi connectivity index (χ1v) is 9.45. The van der Waals surface area contributed by atoms with E-state index in [4.69, 9.17) is 0 Å².